The van der Waals surface area contributed by atoms with Gasteiger partial charge in [0.1, 0.15) is 0 Å². The van der Waals surface area contributed by atoms with E-state index in [0.717, 1.165) is 0 Å². The van der Waals surface area contributed by atoms with Crippen molar-refractivity contribution in [3.8, 4) is 22.9 Å². The fraction of sp³-hybridized carbons (Fsp3) is 0.182. The second-order valence-corrected chi connectivity index (χ2v) is 3.48. The lowest BCUT2D eigenvalue weighted by atomic mass is 10.2. The smallest absolute Gasteiger partial charge is 0.397 e. The zero-order valence-corrected chi connectivity index (χ0v) is 9.37. The summed E-state index contributed by atoms with van der Waals surface area (Å²) in [6, 6.07) is 5.21. The van der Waals surface area contributed by atoms with Crippen LogP contribution in [0.25, 0.3) is 11.4 Å². The quantitative estimate of drug-likeness (QED) is 0.739. The van der Waals surface area contributed by atoms with Gasteiger partial charge in [0.15, 0.2) is 11.5 Å². The highest BCUT2D eigenvalue weighted by Gasteiger charge is 2.19. The van der Waals surface area contributed by atoms with Crippen LogP contribution < -0.4 is 9.47 Å². The number of carbonyl (C=O) groups excluding carboxylic acids is 1. The molecule has 0 radical (unpaired) electrons. The number of esters is 1. The summed E-state index contributed by atoms with van der Waals surface area (Å²) in [6.45, 7) is 0.193. The average molecular weight is 248 g/mol. The van der Waals surface area contributed by atoms with Crippen LogP contribution in [0.3, 0.4) is 0 Å². The molecule has 0 bridgehead atoms. The fourth-order valence-corrected chi connectivity index (χ4v) is 1.55. The van der Waals surface area contributed by atoms with Gasteiger partial charge < -0.3 is 18.7 Å². The average Bonchev–Trinajstić information content (AvgIpc) is 3.05. The largest absolute Gasteiger partial charge is 0.462 e. The van der Waals surface area contributed by atoms with E-state index in [1.165, 1.54) is 7.11 Å². The number of ether oxygens (including phenoxy) is 3. The molecule has 0 amide bonds. The topological polar surface area (TPSA) is 83.7 Å². The van der Waals surface area contributed by atoms with Crippen molar-refractivity contribution in [2.24, 2.45) is 0 Å². The summed E-state index contributed by atoms with van der Waals surface area (Å²) in [5.74, 6) is 0.695. The third kappa shape index (κ3) is 1.65. The Morgan fingerprint density at radius 1 is 1.33 bits per heavy atom. The molecule has 0 aliphatic carbocycles. The van der Waals surface area contributed by atoms with Crippen LogP contribution in [0.5, 0.6) is 11.5 Å². The molecule has 0 saturated heterocycles. The Hall–Kier alpha value is -2.57. The molecule has 92 valence electrons. The Morgan fingerprint density at radius 3 is 3.00 bits per heavy atom. The molecule has 2 heterocycles. The number of carbonyl (C=O) groups is 1. The molecule has 1 aromatic heterocycles. The van der Waals surface area contributed by atoms with Gasteiger partial charge in [0.05, 0.1) is 7.11 Å². The number of hydrogen-bond donors (Lipinski definition) is 0. The number of hydrogen-bond acceptors (Lipinski definition) is 7. The molecular formula is C11H8N2O5. The molecule has 7 heteroatoms. The molecule has 18 heavy (non-hydrogen) atoms. The number of aromatic nitrogens is 2. The minimum atomic E-state index is -0.672. The Kier molecular flexibility index (Phi) is 2.36. The second-order valence-electron chi connectivity index (χ2n) is 3.48. The lowest BCUT2D eigenvalue weighted by molar-refractivity contribution is 0.0545. The van der Waals surface area contributed by atoms with E-state index < -0.39 is 5.97 Å². The van der Waals surface area contributed by atoms with E-state index in [0.29, 0.717) is 17.1 Å². The van der Waals surface area contributed by atoms with Gasteiger partial charge in [-0.1, -0.05) is 5.16 Å². The fourth-order valence-electron chi connectivity index (χ4n) is 1.55. The highest BCUT2D eigenvalue weighted by molar-refractivity contribution is 5.84. The molecule has 0 saturated carbocycles. The van der Waals surface area contributed by atoms with Gasteiger partial charge in [-0.15, -0.1) is 0 Å². The van der Waals surface area contributed by atoms with Crippen molar-refractivity contribution >= 4 is 5.97 Å². The van der Waals surface area contributed by atoms with Crippen LogP contribution in [0, 0.1) is 0 Å². The van der Waals surface area contributed by atoms with Gasteiger partial charge in [0, 0.05) is 5.56 Å². The van der Waals surface area contributed by atoms with Gasteiger partial charge in [0.2, 0.25) is 12.6 Å². The molecule has 3 rings (SSSR count). The first-order valence-electron chi connectivity index (χ1n) is 5.10. The third-order valence-electron chi connectivity index (χ3n) is 2.42. The van der Waals surface area contributed by atoms with E-state index in [9.17, 15) is 4.79 Å². The van der Waals surface area contributed by atoms with Crippen LogP contribution in [0.15, 0.2) is 22.7 Å². The van der Waals surface area contributed by atoms with Crippen molar-refractivity contribution in [2.75, 3.05) is 13.9 Å². The summed E-state index contributed by atoms with van der Waals surface area (Å²) in [7, 11) is 1.24. The Labute approximate surface area is 101 Å². The van der Waals surface area contributed by atoms with Crippen LogP contribution in [0.2, 0.25) is 0 Å². The standard InChI is InChI=1S/C11H8N2O5/c1-15-11(14)10-12-9(13-18-10)6-2-3-7-8(4-6)17-5-16-7/h2-4H,5H2,1H3. The van der Waals surface area contributed by atoms with Gasteiger partial charge in [-0.25, -0.2) is 4.79 Å². The summed E-state index contributed by atoms with van der Waals surface area (Å²) < 4.78 is 19.7. The molecule has 1 aliphatic rings. The summed E-state index contributed by atoms with van der Waals surface area (Å²) in [4.78, 5) is 15.1. The number of fused-ring (bicyclic) bond motifs is 1. The van der Waals surface area contributed by atoms with Crippen LogP contribution >= 0.6 is 0 Å². The van der Waals surface area contributed by atoms with Crippen LogP contribution in [0.1, 0.15) is 10.7 Å². The van der Waals surface area contributed by atoms with Gasteiger partial charge in [-0.3, -0.25) is 0 Å². The van der Waals surface area contributed by atoms with Gasteiger partial charge in [0.25, 0.3) is 0 Å². The molecular weight excluding hydrogens is 240 g/mol. The SMILES string of the molecule is COC(=O)c1nc(-c2ccc3c(c2)OCO3)no1. The predicted molar refractivity (Wildman–Crippen MR) is 57.2 cm³/mol. The molecule has 0 atom stereocenters. The number of methoxy groups -OCH3 is 1. The van der Waals surface area contributed by atoms with E-state index in [-0.39, 0.29) is 18.5 Å². The van der Waals surface area contributed by atoms with Gasteiger partial charge in [-0.2, -0.15) is 4.98 Å². The van der Waals surface area contributed by atoms with Crippen molar-refractivity contribution in [3.63, 3.8) is 0 Å². The van der Waals surface area contributed by atoms with Crippen molar-refractivity contribution in [3.05, 3.63) is 24.1 Å². The highest BCUT2D eigenvalue weighted by atomic mass is 16.7. The molecule has 1 aliphatic heterocycles. The first-order chi connectivity index (χ1) is 8.78. The Bertz CT molecular complexity index is 607. The van der Waals surface area contributed by atoms with E-state index >= 15 is 0 Å². The van der Waals surface area contributed by atoms with Crippen LogP contribution in [0.4, 0.5) is 0 Å². The lowest BCUT2D eigenvalue weighted by Gasteiger charge is -1.97. The molecule has 0 N–H and O–H groups in total. The van der Waals surface area contributed by atoms with Crippen molar-refractivity contribution in [1.82, 2.24) is 10.1 Å². The molecule has 7 nitrogen and oxygen atoms in total. The van der Waals surface area contributed by atoms with Gasteiger partial charge >= 0.3 is 11.9 Å². The molecule has 0 fully saturated rings. The Morgan fingerprint density at radius 2 is 2.17 bits per heavy atom. The van der Waals surface area contributed by atoms with E-state index in [1.54, 1.807) is 18.2 Å². The van der Waals surface area contributed by atoms with E-state index in [2.05, 4.69) is 14.9 Å². The summed E-state index contributed by atoms with van der Waals surface area (Å²) in [5.41, 5.74) is 0.665. The molecule has 1 aromatic carbocycles. The number of nitrogens with zero attached hydrogens (tertiary/aromatic N) is 2. The zero-order valence-electron chi connectivity index (χ0n) is 9.37. The van der Waals surface area contributed by atoms with Crippen LogP contribution in [-0.4, -0.2) is 30.0 Å². The third-order valence-corrected chi connectivity index (χ3v) is 2.42. The minimum Gasteiger partial charge on any atom is -0.462 e. The monoisotopic (exact) mass is 248 g/mol. The normalized spacial score (nSPS) is 12.5. The van der Waals surface area contributed by atoms with E-state index in [4.69, 9.17) is 14.0 Å². The summed E-state index contributed by atoms with van der Waals surface area (Å²) in [5, 5.41) is 3.70. The van der Waals surface area contributed by atoms with Crippen molar-refractivity contribution in [1.29, 1.82) is 0 Å². The first-order valence-corrected chi connectivity index (χ1v) is 5.10. The maximum atomic E-state index is 11.2. The van der Waals surface area contributed by atoms with Gasteiger partial charge in [-0.05, 0) is 18.2 Å². The highest BCUT2D eigenvalue weighted by Crippen LogP contribution is 2.35. The summed E-state index contributed by atoms with van der Waals surface area (Å²) in [6.07, 6.45) is 0. The zero-order chi connectivity index (χ0) is 12.5. The second kappa shape index (κ2) is 4.02. The van der Waals surface area contributed by atoms with E-state index in [1.807, 2.05) is 0 Å². The predicted octanol–water partition coefficient (Wildman–Crippen LogP) is 1.25. The maximum absolute atomic E-state index is 11.2. The molecule has 0 unspecified atom stereocenters. The molecule has 0 spiro atoms. The minimum absolute atomic E-state index is 0.190. The summed E-state index contributed by atoms with van der Waals surface area (Å²) >= 11 is 0. The number of benzene rings is 1. The Balaban J connectivity index is 1.95. The van der Waals surface area contributed by atoms with Crippen molar-refractivity contribution < 1.29 is 23.5 Å². The molecule has 2 aromatic rings. The number of rotatable bonds is 2. The van der Waals surface area contributed by atoms with Crippen molar-refractivity contribution in [2.45, 2.75) is 0 Å². The maximum Gasteiger partial charge on any atom is 0.397 e. The van der Waals surface area contributed by atoms with Crippen LogP contribution in [-0.2, 0) is 4.74 Å². The first kappa shape index (κ1) is 10.6. The lowest BCUT2D eigenvalue weighted by Crippen LogP contribution is -2.00.